The summed E-state index contributed by atoms with van der Waals surface area (Å²) in [7, 11) is 0. The lowest BCUT2D eigenvalue weighted by Gasteiger charge is -2.27. The molecule has 1 N–H and O–H groups in total. The highest BCUT2D eigenvalue weighted by molar-refractivity contribution is 6.30. The summed E-state index contributed by atoms with van der Waals surface area (Å²) < 4.78 is 87.2. The number of aliphatic hydroxyl groups is 1. The average Bonchev–Trinajstić information content (AvgIpc) is 2.35. The van der Waals surface area contributed by atoms with E-state index < -0.39 is 35.6 Å². The number of alkyl halides is 7. The highest BCUT2D eigenvalue weighted by atomic mass is 35.5. The first-order valence-electron chi connectivity index (χ1n) is 5.34. The van der Waals surface area contributed by atoms with Crippen molar-refractivity contribution in [3.05, 3.63) is 40.9 Å². The molecule has 10 heteroatoms. The van der Waals surface area contributed by atoms with Crippen LogP contribution < -0.4 is 0 Å². The fraction of sp³-hybridized carbons (Fsp3) is 0.250. The second-order valence-electron chi connectivity index (χ2n) is 4.05. The molecule has 1 rings (SSSR count). The van der Waals surface area contributed by atoms with E-state index in [2.05, 4.69) is 0 Å². The molecule has 0 radical (unpaired) electrons. The zero-order valence-electron chi connectivity index (χ0n) is 10.3. The van der Waals surface area contributed by atoms with Crippen molar-refractivity contribution in [1.29, 1.82) is 0 Å². The molecule has 0 aliphatic rings. The van der Waals surface area contributed by atoms with Crippen molar-refractivity contribution in [2.75, 3.05) is 0 Å². The van der Waals surface area contributed by atoms with Gasteiger partial charge in [0.25, 0.3) is 0 Å². The Labute approximate surface area is 123 Å². The summed E-state index contributed by atoms with van der Waals surface area (Å²) in [6, 6.07) is 4.34. The number of ketones is 1. The van der Waals surface area contributed by atoms with Crippen LogP contribution in [0.25, 0.3) is 5.76 Å². The van der Waals surface area contributed by atoms with Gasteiger partial charge < -0.3 is 5.11 Å². The van der Waals surface area contributed by atoms with Gasteiger partial charge in [-0.15, -0.1) is 0 Å². The predicted octanol–water partition coefficient (Wildman–Crippen LogP) is 4.64. The van der Waals surface area contributed by atoms with Gasteiger partial charge in [-0.3, -0.25) is 4.79 Å². The Morgan fingerprint density at radius 1 is 0.955 bits per heavy atom. The van der Waals surface area contributed by atoms with Gasteiger partial charge in [0.1, 0.15) is 5.76 Å². The quantitative estimate of drug-likeness (QED) is 0.490. The standard InChI is InChI=1S/C12H6ClF7O2/c13-7-3-1-6(2-4-7)8(21)5-9(22)10(14,11(15,16)17)12(18,19)20/h1-5,21H/b8-5-. The number of hydrogen-bond acceptors (Lipinski definition) is 2. The largest absolute Gasteiger partial charge is 0.507 e. The molecule has 0 aromatic heterocycles. The van der Waals surface area contributed by atoms with Crippen molar-refractivity contribution in [2.24, 2.45) is 0 Å². The molecular formula is C12H6ClF7O2. The molecule has 0 bridgehead atoms. The first-order chi connectivity index (χ1) is 9.80. The summed E-state index contributed by atoms with van der Waals surface area (Å²) in [5.74, 6) is -4.25. The van der Waals surface area contributed by atoms with Crippen LogP contribution >= 0.6 is 11.6 Å². The molecule has 0 atom stereocenters. The monoisotopic (exact) mass is 350 g/mol. The van der Waals surface area contributed by atoms with Crippen LogP contribution in [0.1, 0.15) is 5.56 Å². The van der Waals surface area contributed by atoms with Crippen LogP contribution in [-0.4, -0.2) is 28.9 Å². The van der Waals surface area contributed by atoms with Crippen molar-refractivity contribution >= 4 is 23.1 Å². The van der Waals surface area contributed by atoms with Gasteiger partial charge >= 0.3 is 18.0 Å². The molecule has 0 aliphatic carbocycles. The molecule has 22 heavy (non-hydrogen) atoms. The Morgan fingerprint density at radius 3 is 1.73 bits per heavy atom. The van der Waals surface area contributed by atoms with Crippen LogP contribution in [0.15, 0.2) is 30.3 Å². The van der Waals surface area contributed by atoms with Gasteiger partial charge in [-0.2, -0.15) is 26.3 Å². The number of allylic oxidation sites excluding steroid dienone is 1. The Kier molecular flexibility index (Phi) is 4.81. The molecule has 0 heterocycles. The van der Waals surface area contributed by atoms with E-state index in [1.165, 1.54) is 0 Å². The van der Waals surface area contributed by atoms with Crippen LogP contribution in [0.5, 0.6) is 0 Å². The van der Waals surface area contributed by atoms with Gasteiger partial charge in [0.15, 0.2) is 0 Å². The molecule has 1 aromatic carbocycles. The summed E-state index contributed by atoms with van der Waals surface area (Å²) in [5.41, 5.74) is -6.43. The summed E-state index contributed by atoms with van der Waals surface area (Å²) in [6.45, 7) is 0. The van der Waals surface area contributed by atoms with E-state index in [0.717, 1.165) is 24.3 Å². The maximum Gasteiger partial charge on any atom is 0.439 e. The maximum atomic E-state index is 13.4. The number of aliphatic hydroxyl groups excluding tert-OH is 1. The molecule has 2 nitrogen and oxygen atoms in total. The van der Waals surface area contributed by atoms with Crippen LogP contribution in [-0.2, 0) is 4.79 Å². The maximum absolute atomic E-state index is 13.4. The second-order valence-corrected chi connectivity index (χ2v) is 4.49. The van der Waals surface area contributed by atoms with Gasteiger partial charge in [0.05, 0.1) is 0 Å². The van der Waals surface area contributed by atoms with Crippen LogP contribution in [0.2, 0.25) is 5.02 Å². The number of rotatable bonds is 3. The van der Waals surface area contributed by atoms with Gasteiger partial charge in [-0.1, -0.05) is 11.6 Å². The fourth-order valence-corrected chi connectivity index (χ4v) is 1.49. The third-order valence-electron chi connectivity index (χ3n) is 2.53. The predicted molar refractivity (Wildman–Crippen MR) is 63.0 cm³/mol. The second kappa shape index (κ2) is 5.79. The molecule has 1 aromatic rings. The fourth-order valence-electron chi connectivity index (χ4n) is 1.37. The number of halogens is 8. The van der Waals surface area contributed by atoms with Crippen molar-refractivity contribution < 1.29 is 40.6 Å². The Balaban J connectivity index is 3.27. The molecule has 0 amide bonds. The van der Waals surface area contributed by atoms with Gasteiger partial charge in [-0.25, -0.2) is 4.39 Å². The highest BCUT2D eigenvalue weighted by Gasteiger charge is 2.76. The topological polar surface area (TPSA) is 37.3 Å². The van der Waals surface area contributed by atoms with E-state index in [1.807, 2.05) is 0 Å². The minimum Gasteiger partial charge on any atom is -0.507 e. The third kappa shape index (κ3) is 3.34. The van der Waals surface area contributed by atoms with Crippen LogP contribution in [0, 0.1) is 0 Å². The first-order valence-corrected chi connectivity index (χ1v) is 5.72. The number of carbonyl (C=O) groups excluding carboxylic acids is 1. The molecular weight excluding hydrogens is 345 g/mol. The summed E-state index contributed by atoms with van der Waals surface area (Å²) >= 11 is 5.49. The van der Waals surface area contributed by atoms with Crippen LogP contribution in [0.4, 0.5) is 30.7 Å². The molecule has 0 spiro atoms. The van der Waals surface area contributed by atoms with E-state index in [1.54, 1.807) is 0 Å². The van der Waals surface area contributed by atoms with E-state index in [0.29, 0.717) is 0 Å². The molecule has 122 valence electrons. The Bertz CT molecular complexity index is 573. The lowest BCUT2D eigenvalue weighted by molar-refractivity contribution is -0.323. The van der Waals surface area contributed by atoms with Crippen LogP contribution in [0.3, 0.4) is 0 Å². The number of benzene rings is 1. The number of carbonyl (C=O) groups is 1. The molecule has 0 fully saturated rings. The van der Waals surface area contributed by atoms with Crippen molar-refractivity contribution in [1.82, 2.24) is 0 Å². The minimum atomic E-state index is -6.53. The van der Waals surface area contributed by atoms with E-state index in [9.17, 15) is 40.6 Å². The first kappa shape index (κ1) is 18.3. The Hall–Kier alpha value is -1.77. The molecule has 0 aliphatic heterocycles. The van der Waals surface area contributed by atoms with E-state index in [-0.39, 0.29) is 10.6 Å². The van der Waals surface area contributed by atoms with E-state index >= 15 is 0 Å². The number of hydrogen-bond donors (Lipinski definition) is 1. The Morgan fingerprint density at radius 2 is 1.36 bits per heavy atom. The van der Waals surface area contributed by atoms with Crippen molar-refractivity contribution in [2.45, 2.75) is 18.0 Å². The summed E-state index contributed by atoms with van der Waals surface area (Å²) in [5, 5.41) is 9.53. The normalized spacial score (nSPS) is 14.1. The lowest BCUT2D eigenvalue weighted by Crippen LogP contribution is -2.58. The van der Waals surface area contributed by atoms with Crippen molar-refractivity contribution in [3.63, 3.8) is 0 Å². The highest BCUT2D eigenvalue weighted by Crippen LogP contribution is 2.47. The lowest BCUT2D eigenvalue weighted by atomic mass is 9.97. The van der Waals surface area contributed by atoms with Crippen molar-refractivity contribution in [3.8, 4) is 0 Å². The third-order valence-corrected chi connectivity index (χ3v) is 2.78. The molecule has 0 saturated heterocycles. The van der Waals surface area contributed by atoms with Gasteiger partial charge in [-0.05, 0) is 24.3 Å². The molecule has 0 saturated carbocycles. The summed E-state index contributed by atoms with van der Waals surface area (Å²) in [6.07, 6.45) is -13.5. The zero-order chi connectivity index (χ0) is 17.3. The van der Waals surface area contributed by atoms with Gasteiger partial charge in [0, 0.05) is 16.7 Å². The zero-order valence-corrected chi connectivity index (χ0v) is 11.0. The van der Waals surface area contributed by atoms with Gasteiger partial charge in [0.2, 0.25) is 5.78 Å². The smallest absolute Gasteiger partial charge is 0.439 e. The SMILES string of the molecule is O=C(/C=C(\O)c1ccc(Cl)cc1)C(F)(C(F)(F)F)C(F)(F)F. The minimum absolute atomic E-state index is 0.160. The average molecular weight is 351 g/mol. The molecule has 0 unspecified atom stereocenters. The van der Waals surface area contributed by atoms with E-state index in [4.69, 9.17) is 11.6 Å². The summed E-state index contributed by atoms with van der Waals surface area (Å²) in [4.78, 5) is 11.1.